The van der Waals surface area contributed by atoms with Crippen LogP contribution in [-0.2, 0) is 29.0 Å². The number of likely N-dealkylation sites (tertiary alicyclic amines) is 1. The monoisotopic (exact) mass is 435 g/mol. The van der Waals surface area contributed by atoms with E-state index in [9.17, 15) is 27.9 Å². The Labute approximate surface area is 165 Å². The van der Waals surface area contributed by atoms with Gasteiger partial charge < -0.3 is 9.84 Å². The number of hydroxylamine groups is 2. The van der Waals surface area contributed by atoms with Gasteiger partial charge in [-0.15, -0.1) is 4.28 Å². The van der Waals surface area contributed by atoms with Crippen LogP contribution in [0.15, 0.2) is 0 Å². The van der Waals surface area contributed by atoms with Gasteiger partial charge in [-0.05, 0) is 32.1 Å². The minimum atomic E-state index is -4.73. The van der Waals surface area contributed by atoms with E-state index < -0.39 is 52.5 Å². The number of carboxylic acid groups (broad SMARTS) is 1. The average Bonchev–Trinajstić information content (AvgIpc) is 3.08. The highest BCUT2D eigenvalue weighted by atomic mass is 32.3. The molecule has 0 aromatic carbocycles. The third-order valence-electron chi connectivity index (χ3n) is 5.69. The summed E-state index contributed by atoms with van der Waals surface area (Å²) in [4.78, 5) is 38.8. The van der Waals surface area contributed by atoms with Gasteiger partial charge in [0.1, 0.15) is 6.04 Å². The average molecular weight is 435 g/mol. The highest BCUT2D eigenvalue weighted by Gasteiger charge is 2.70. The largest absolute Gasteiger partial charge is 0.465 e. The number of carbonyl (C=O) groups is 3. The molecule has 0 aliphatic carbocycles. The molecule has 1 spiro atoms. The molecule has 0 saturated carbocycles. The zero-order valence-electron chi connectivity index (χ0n) is 15.2. The van der Waals surface area contributed by atoms with Crippen molar-refractivity contribution in [2.24, 2.45) is 0 Å². The first-order chi connectivity index (χ1) is 13.6. The van der Waals surface area contributed by atoms with Crippen molar-refractivity contribution in [3.63, 3.8) is 0 Å². The maximum atomic E-state index is 12.6. The normalized spacial score (nSPS) is 36.2. The number of nitrogens with one attached hydrogen (secondary N) is 2. The lowest BCUT2D eigenvalue weighted by Gasteiger charge is -2.45. The summed E-state index contributed by atoms with van der Waals surface area (Å²) in [6, 6.07) is -1.61. The molecule has 5 fully saturated rings. The first kappa shape index (κ1) is 20.2. The molecule has 162 valence electrons. The molecule has 5 aliphatic rings. The number of rotatable bonds is 4. The second-order valence-electron chi connectivity index (χ2n) is 7.41. The van der Waals surface area contributed by atoms with Gasteiger partial charge in [0.2, 0.25) is 0 Å². The van der Waals surface area contributed by atoms with Crippen LogP contribution in [0, 0.1) is 0 Å². The minimum absolute atomic E-state index is 0.189. The number of hydrogen-bond acceptors (Lipinski definition) is 9. The molecule has 5 rings (SSSR count). The van der Waals surface area contributed by atoms with E-state index in [-0.39, 0.29) is 19.5 Å². The topological polar surface area (TPSA) is 178 Å². The summed E-state index contributed by atoms with van der Waals surface area (Å²) in [7, 11) is -4.73. The molecule has 5 saturated heterocycles. The van der Waals surface area contributed by atoms with Crippen LogP contribution in [0.25, 0.3) is 0 Å². The molecule has 4 N–H and O–H groups in total. The number of carbonyl (C=O) groups excluding carboxylic acids is 2. The Morgan fingerprint density at radius 2 is 1.79 bits per heavy atom. The molecule has 5 aliphatic heterocycles. The molecule has 29 heavy (non-hydrogen) atoms. The molecule has 0 radical (unpaired) electrons. The van der Waals surface area contributed by atoms with Gasteiger partial charge in [0.15, 0.2) is 12.1 Å². The molecule has 5 heterocycles. The van der Waals surface area contributed by atoms with E-state index >= 15 is 0 Å². The predicted octanol–water partition coefficient (Wildman–Crippen LogP) is -1.81. The van der Waals surface area contributed by atoms with Crippen LogP contribution in [-0.4, -0.2) is 88.1 Å². The molecule has 0 aromatic rings. The number of piperidine rings is 2. The summed E-state index contributed by atoms with van der Waals surface area (Å²) < 4.78 is 41.0. The minimum Gasteiger partial charge on any atom is -0.465 e. The number of hydrazine groups is 1. The van der Waals surface area contributed by atoms with Crippen molar-refractivity contribution < 1.29 is 41.5 Å². The first-order valence-electron chi connectivity index (χ1n) is 9.10. The lowest BCUT2D eigenvalue weighted by atomic mass is 9.98. The van der Waals surface area contributed by atoms with E-state index in [1.54, 1.807) is 4.90 Å². The van der Waals surface area contributed by atoms with Crippen LogP contribution >= 0.6 is 0 Å². The van der Waals surface area contributed by atoms with E-state index in [2.05, 4.69) is 15.1 Å². The van der Waals surface area contributed by atoms with E-state index in [0.717, 1.165) is 9.96 Å². The van der Waals surface area contributed by atoms with Gasteiger partial charge in [-0.3, -0.25) is 29.9 Å². The van der Waals surface area contributed by atoms with Crippen molar-refractivity contribution in [2.75, 3.05) is 13.1 Å². The van der Waals surface area contributed by atoms with Crippen molar-refractivity contribution in [1.82, 2.24) is 25.7 Å². The van der Waals surface area contributed by atoms with Crippen molar-refractivity contribution >= 4 is 28.3 Å². The Morgan fingerprint density at radius 1 is 1.10 bits per heavy atom. The van der Waals surface area contributed by atoms with E-state index in [0.29, 0.717) is 25.7 Å². The molecule has 3 bridgehead atoms. The maximum Gasteiger partial charge on any atom is 0.414 e. The lowest BCUT2D eigenvalue weighted by Crippen LogP contribution is -2.63. The smallest absolute Gasteiger partial charge is 0.414 e. The molecular formula is C14H21N5O9S. The SMILES string of the molecule is O=C(NNC(=O)[C@@H]1CCC23CN1C(O2)N3OS(=O)(=O)O)[C@@H]1CCCCN1C(=O)O. The molecule has 3 amide bonds. The summed E-state index contributed by atoms with van der Waals surface area (Å²) in [6.07, 6.45) is 0.171. The maximum absolute atomic E-state index is 12.6. The molecule has 14 nitrogen and oxygen atoms in total. The van der Waals surface area contributed by atoms with E-state index in [1.165, 1.54) is 0 Å². The fourth-order valence-corrected chi connectivity index (χ4v) is 4.78. The fourth-order valence-electron chi connectivity index (χ4n) is 4.37. The van der Waals surface area contributed by atoms with Crippen LogP contribution < -0.4 is 10.9 Å². The number of hydrogen-bond donors (Lipinski definition) is 4. The molecule has 3 unspecified atom stereocenters. The second kappa shape index (κ2) is 7.03. The Hall–Kier alpha value is -2.04. The Bertz CT molecular complexity index is 837. The molecule has 5 atom stereocenters. The standard InChI is InChI=1S/C14H21N5O9S/c20-10(8-3-1-2-6-17(8)13(22)23)15-16-11(21)9-4-5-14-7-18(9)12(27-14)19(14)28-29(24,25)26/h8-9,12H,1-7H2,(H,15,20)(H,16,21)(H,22,23)(H,24,25,26)/t8-,9-,12?,14?/m0/s1. The zero-order valence-corrected chi connectivity index (χ0v) is 16.0. The summed E-state index contributed by atoms with van der Waals surface area (Å²) in [5.74, 6) is -1.17. The Kier molecular flexibility index (Phi) is 4.91. The van der Waals surface area contributed by atoms with Gasteiger partial charge in [-0.2, -0.15) is 8.42 Å². The third kappa shape index (κ3) is 3.53. The zero-order chi connectivity index (χ0) is 21.0. The number of nitrogens with zero attached hydrogens (tertiary/aromatic N) is 3. The fraction of sp³-hybridized carbons (Fsp3) is 0.786. The van der Waals surface area contributed by atoms with Gasteiger partial charge in [-0.25, -0.2) is 9.69 Å². The van der Waals surface area contributed by atoms with Crippen LogP contribution in [0.5, 0.6) is 0 Å². The van der Waals surface area contributed by atoms with E-state index in [1.807, 2.05) is 0 Å². The second-order valence-corrected chi connectivity index (χ2v) is 8.42. The van der Waals surface area contributed by atoms with Crippen LogP contribution in [0.4, 0.5) is 4.79 Å². The highest BCUT2D eigenvalue weighted by Crippen LogP contribution is 2.52. The van der Waals surface area contributed by atoms with Gasteiger partial charge in [0, 0.05) is 13.1 Å². The quantitative estimate of drug-likeness (QED) is 0.289. The molecule has 15 heteroatoms. The van der Waals surface area contributed by atoms with Crippen molar-refractivity contribution in [2.45, 2.75) is 56.3 Å². The summed E-state index contributed by atoms with van der Waals surface area (Å²) in [5, 5.41) is 10.2. The van der Waals surface area contributed by atoms with E-state index in [4.69, 9.17) is 9.29 Å². The third-order valence-corrected chi connectivity index (χ3v) is 6.04. The summed E-state index contributed by atoms with van der Waals surface area (Å²) >= 11 is 0. The first-order valence-corrected chi connectivity index (χ1v) is 10.5. The molecule has 0 aromatic heterocycles. The van der Waals surface area contributed by atoms with Crippen LogP contribution in [0.3, 0.4) is 0 Å². The number of ether oxygens (including phenoxy) is 1. The van der Waals surface area contributed by atoms with Gasteiger partial charge >= 0.3 is 16.5 Å². The van der Waals surface area contributed by atoms with Crippen LogP contribution in [0.2, 0.25) is 0 Å². The van der Waals surface area contributed by atoms with Crippen molar-refractivity contribution in [3.8, 4) is 0 Å². The Morgan fingerprint density at radius 3 is 2.45 bits per heavy atom. The summed E-state index contributed by atoms with van der Waals surface area (Å²) in [5.41, 5.74) is 3.55. The van der Waals surface area contributed by atoms with Gasteiger partial charge in [0.25, 0.3) is 11.8 Å². The number of amides is 3. The van der Waals surface area contributed by atoms with Crippen molar-refractivity contribution in [3.05, 3.63) is 0 Å². The highest BCUT2D eigenvalue weighted by molar-refractivity contribution is 7.80. The Balaban J connectivity index is 1.34. The summed E-state index contributed by atoms with van der Waals surface area (Å²) in [6.45, 7) is 0.442. The predicted molar refractivity (Wildman–Crippen MR) is 90.5 cm³/mol. The lowest BCUT2D eigenvalue weighted by molar-refractivity contribution is -0.415. The van der Waals surface area contributed by atoms with Crippen LogP contribution in [0.1, 0.15) is 32.1 Å². The van der Waals surface area contributed by atoms with Gasteiger partial charge in [0.05, 0.1) is 6.04 Å². The molecular weight excluding hydrogens is 414 g/mol. The van der Waals surface area contributed by atoms with Gasteiger partial charge in [-0.1, -0.05) is 5.06 Å². The van der Waals surface area contributed by atoms with Crippen molar-refractivity contribution in [1.29, 1.82) is 0 Å².